The molecular weight excluding hydrogens is 176 g/mol. The van der Waals surface area contributed by atoms with Gasteiger partial charge >= 0.3 is 0 Å². The van der Waals surface area contributed by atoms with Crippen LogP contribution in [0, 0.1) is 12.3 Å². The molecule has 1 atom stereocenters. The molecule has 0 spiro atoms. The van der Waals surface area contributed by atoms with E-state index in [1.807, 2.05) is 18.5 Å². The molecule has 0 saturated carbocycles. The number of aryl methyl sites for hydroxylation is 1. The van der Waals surface area contributed by atoms with Crippen molar-refractivity contribution in [3.63, 3.8) is 0 Å². The zero-order valence-electron chi connectivity index (χ0n) is 9.70. The van der Waals surface area contributed by atoms with Crippen molar-refractivity contribution in [1.82, 2.24) is 9.55 Å². The highest BCUT2D eigenvalue weighted by Gasteiger charge is 2.29. The largest absolute Gasteiger partial charge is 0.386 e. The van der Waals surface area contributed by atoms with Gasteiger partial charge in [0.2, 0.25) is 0 Å². The molecule has 3 heteroatoms. The van der Waals surface area contributed by atoms with Crippen LogP contribution in [0.3, 0.4) is 0 Å². The third-order valence-corrected chi connectivity index (χ3v) is 3.19. The van der Waals surface area contributed by atoms with Gasteiger partial charge in [0, 0.05) is 7.05 Å². The topological polar surface area (TPSA) is 38.1 Å². The van der Waals surface area contributed by atoms with Gasteiger partial charge in [-0.25, -0.2) is 4.98 Å². The number of aliphatic hydroxyl groups is 1. The van der Waals surface area contributed by atoms with Crippen molar-refractivity contribution >= 4 is 0 Å². The van der Waals surface area contributed by atoms with E-state index in [1.54, 1.807) is 6.20 Å². The number of imidazole rings is 1. The molecule has 1 heterocycles. The zero-order chi connectivity index (χ0) is 10.9. The van der Waals surface area contributed by atoms with Gasteiger partial charge in [-0.15, -0.1) is 0 Å². The van der Waals surface area contributed by atoms with E-state index in [4.69, 9.17) is 0 Å². The predicted octanol–water partition coefficient (Wildman–Crippen LogP) is 2.20. The van der Waals surface area contributed by atoms with Crippen molar-refractivity contribution < 1.29 is 5.11 Å². The van der Waals surface area contributed by atoms with E-state index in [9.17, 15) is 5.11 Å². The van der Waals surface area contributed by atoms with Crippen molar-refractivity contribution in [2.45, 2.75) is 40.2 Å². The summed E-state index contributed by atoms with van der Waals surface area (Å²) in [7, 11) is 1.94. The first-order chi connectivity index (χ1) is 6.40. The number of nitrogens with zero attached hydrogens (tertiary/aromatic N) is 2. The first-order valence-corrected chi connectivity index (χ1v) is 5.06. The highest BCUT2D eigenvalue weighted by Crippen LogP contribution is 2.35. The minimum Gasteiger partial charge on any atom is -0.386 e. The van der Waals surface area contributed by atoms with E-state index >= 15 is 0 Å². The van der Waals surface area contributed by atoms with Crippen LogP contribution in [-0.2, 0) is 7.05 Å². The van der Waals surface area contributed by atoms with E-state index in [2.05, 4.69) is 25.8 Å². The highest BCUT2D eigenvalue weighted by molar-refractivity contribution is 5.09. The van der Waals surface area contributed by atoms with E-state index in [0.717, 1.165) is 17.9 Å². The second-order valence-electron chi connectivity index (χ2n) is 4.53. The number of hydrogen-bond donors (Lipinski definition) is 1. The molecule has 0 aromatic carbocycles. The lowest BCUT2D eigenvalue weighted by molar-refractivity contribution is 0.0406. The molecule has 0 radical (unpaired) electrons. The van der Waals surface area contributed by atoms with Crippen molar-refractivity contribution in [3.05, 3.63) is 17.7 Å². The number of aliphatic hydroxyl groups excluding tert-OH is 1. The Kier molecular flexibility index (Phi) is 3.00. The molecule has 0 bridgehead atoms. The summed E-state index contributed by atoms with van der Waals surface area (Å²) in [5.74, 6) is 0.936. The van der Waals surface area contributed by atoms with Crippen LogP contribution in [0.1, 0.15) is 44.8 Å². The molecule has 0 fully saturated rings. The molecule has 14 heavy (non-hydrogen) atoms. The second-order valence-corrected chi connectivity index (χ2v) is 4.53. The molecule has 0 aliphatic rings. The van der Waals surface area contributed by atoms with Crippen molar-refractivity contribution in [3.8, 4) is 0 Å². The van der Waals surface area contributed by atoms with Crippen LogP contribution in [0.2, 0.25) is 0 Å². The molecule has 1 rings (SSSR count). The Morgan fingerprint density at radius 2 is 2.14 bits per heavy atom. The maximum absolute atomic E-state index is 10.2. The molecule has 0 aliphatic heterocycles. The minimum atomic E-state index is -0.446. The fourth-order valence-corrected chi connectivity index (χ4v) is 1.37. The molecule has 80 valence electrons. The fraction of sp³-hybridized carbons (Fsp3) is 0.727. The van der Waals surface area contributed by atoms with E-state index in [0.29, 0.717) is 0 Å². The molecule has 1 N–H and O–H groups in total. The summed E-state index contributed by atoms with van der Waals surface area (Å²) in [5, 5.41) is 10.2. The molecule has 1 aromatic heterocycles. The molecule has 0 saturated heterocycles. The van der Waals surface area contributed by atoms with Gasteiger partial charge in [-0.05, 0) is 18.8 Å². The Bertz CT molecular complexity index is 315. The monoisotopic (exact) mass is 196 g/mol. The van der Waals surface area contributed by atoms with Crippen molar-refractivity contribution in [1.29, 1.82) is 0 Å². The first-order valence-electron chi connectivity index (χ1n) is 5.06. The Labute approximate surface area is 85.8 Å². The Morgan fingerprint density at radius 3 is 2.50 bits per heavy atom. The normalized spacial score (nSPS) is 14.4. The quantitative estimate of drug-likeness (QED) is 0.804. The lowest BCUT2D eigenvalue weighted by Crippen LogP contribution is -2.23. The van der Waals surface area contributed by atoms with Crippen LogP contribution in [0.4, 0.5) is 0 Å². The SMILES string of the molecule is CCC(C)(C)C(O)c1cnc(C)n1C. The smallest absolute Gasteiger partial charge is 0.105 e. The van der Waals surface area contributed by atoms with Crippen LogP contribution in [0.25, 0.3) is 0 Å². The van der Waals surface area contributed by atoms with Gasteiger partial charge in [0.1, 0.15) is 11.9 Å². The summed E-state index contributed by atoms with van der Waals surface area (Å²) >= 11 is 0. The summed E-state index contributed by atoms with van der Waals surface area (Å²) in [6.45, 7) is 8.17. The highest BCUT2D eigenvalue weighted by atomic mass is 16.3. The average Bonchev–Trinajstić information content (AvgIpc) is 2.47. The van der Waals surface area contributed by atoms with Crippen molar-refractivity contribution in [2.75, 3.05) is 0 Å². The van der Waals surface area contributed by atoms with Gasteiger partial charge in [-0.2, -0.15) is 0 Å². The molecule has 1 aromatic rings. The van der Waals surface area contributed by atoms with E-state index in [1.165, 1.54) is 0 Å². The van der Waals surface area contributed by atoms with Gasteiger partial charge in [-0.3, -0.25) is 0 Å². The summed E-state index contributed by atoms with van der Waals surface area (Å²) in [6.07, 6.45) is 2.26. The fourth-order valence-electron chi connectivity index (χ4n) is 1.37. The van der Waals surface area contributed by atoms with Crippen LogP contribution in [-0.4, -0.2) is 14.7 Å². The number of rotatable bonds is 3. The third kappa shape index (κ3) is 1.82. The minimum absolute atomic E-state index is 0.0970. The second kappa shape index (κ2) is 3.73. The van der Waals surface area contributed by atoms with Gasteiger partial charge in [-0.1, -0.05) is 20.8 Å². The summed E-state index contributed by atoms with van der Waals surface area (Å²) in [5.41, 5.74) is 0.801. The Hall–Kier alpha value is -0.830. The van der Waals surface area contributed by atoms with Crippen LogP contribution < -0.4 is 0 Å². The molecule has 1 unspecified atom stereocenters. The predicted molar refractivity (Wildman–Crippen MR) is 57.0 cm³/mol. The maximum atomic E-state index is 10.2. The molecule has 0 amide bonds. The zero-order valence-corrected chi connectivity index (χ0v) is 9.70. The standard InChI is InChI=1S/C11H20N2O/c1-6-11(3,4)10(14)9-7-12-8(2)13(9)5/h7,10,14H,6H2,1-5H3. The summed E-state index contributed by atoms with van der Waals surface area (Å²) < 4.78 is 1.95. The third-order valence-electron chi connectivity index (χ3n) is 3.19. The molecular formula is C11H20N2O. The number of hydrogen-bond acceptors (Lipinski definition) is 2. The Morgan fingerprint density at radius 1 is 1.57 bits per heavy atom. The lowest BCUT2D eigenvalue weighted by Gasteiger charge is -2.29. The van der Waals surface area contributed by atoms with Crippen LogP contribution in [0.5, 0.6) is 0 Å². The summed E-state index contributed by atoms with van der Waals surface area (Å²) in [4.78, 5) is 4.19. The number of aromatic nitrogens is 2. The van der Waals surface area contributed by atoms with Crippen molar-refractivity contribution in [2.24, 2.45) is 12.5 Å². The van der Waals surface area contributed by atoms with Gasteiger partial charge < -0.3 is 9.67 Å². The van der Waals surface area contributed by atoms with Gasteiger partial charge in [0.05, 0.1) is 11.9 Å². The van der Waals surface area contributed by atoms with Crippen LogP contribution in [0.15, 0.2) is 6.20 Å². The molecule has 0 aliphatic carbocycles. The van der Waals surface area contributed by atoms with Crippen LogP contribution >= 0.6 is 0 Å². The maximum Gasteiger partial charge on any atom is 0.105 e. The van der Waals surface area contributed by atoms with Gasteiger partial charge in [0.15, 0.2) is 0 Å². The van der Waals surface area contributed by atoms with E-state index < -0.39 is 6.10 Å². The van der Waals surface area contributed by atoms with E-state index in [-0.39, 0.29) is 5.41 Å². The van der Waals surface area contributed by atoms with Gasteiger partial charge in [0.25, 0.3) is 0 Å². The first kappa shape index (κ1) is 11.2. The Balaban J connectivity index is 3.00. The lowest BCUT2D eigenvalue weighted by atomic mass is 9.82. The molecule has 3 nitrogen and oxygen atoms in total. The average molecular weight is 196 g/mol. The summed E-state index contributed by atoms with van der Waals surface area (Å²) in [6, 6.07) is 0.